The van der Waals surface area contributed by atoms with Crippen LogP contribution >= 0.6 is 0 Å². The Labute approximate surface area is 146 Å². The number of amides is 1. The third-order valence-electron chi connectivity index (χ3n) is 5.46. The predicted octanol–water partition coefficient (Wildman–Crippen LogP) is 3.18. The lowest BCUT2D eigenvalue weighted by molar-refractivity contribution is -0.132. The third kappa shape index (κ3) is 4.97. The maximum atomic E-state index is 12.4. The molecule has 24 heavy (non-hydrogen) atoms. The Kier molecular flexibility index (Phi) is 6.13. The van der Waals surface area contributed by atoms with Crippen molar-refractivity contribution >= 4 is 11.6 Å². The summed E-state index contributed by atoms with van der Waals surface area (Å²) in [5, 5.41) is 7.01. The van der Waals surface area contributed by atoms with Gasteiger partial charge >= 0.3 is 0 Å². The number of anilines is 1. The van der Waals surface area contributed by atoms with Crippen LogP contribution in [0.4, 0.5) is 5.69 Å². The standard InChI is InChI=1S/C20H31N3O/c1-16-3-2-4-19(15-16)22-18-9-13-23(14-10-18)20(24)6-5-17-7-11-21-12-8-17/h2-4,15,17-18,21-22H,5-14H2,1H3. The number of carbonyl (C=O) groups excluding carboxylic acids is 1. The number of nitrogens with zero attached hydrogens (tertiary/aromatic N) is 1. The Balaban J connectivity index is 1.38. The van der Waals surface area contributed by atoms with E-state index in [0.29, 0.717) is 11.9 Å². The van der Waals surface area contributed by atoms with Gasteiger partial charge in [0, 0.05) is 31.2 Å². The van der Waals surface area contributed by atoms with E-state index in [1.807, 2.05) is 0 Å². The monoisotopic (exact) mass is 329 g/mol. The third-order valence-corrected chi connectivity index (χ3v) is 5.46. The van der Waals surface area contributed by atoms with Crippen LogP contribution < -0.4 is 10.6 Å². The summed E-state index contributed by atoms with van der Waals surface area (Å²) in [6.07, 6.45) is 6.37. The molecule has 1 aromatic rings. The summed E-state index contributed by atoms with van der Waals surface area (Å²) in [6.45, 7) is 6.15. The lowest BCUT2D eigenvalue weighted by Crippen LogP contribution is -2.42. The van der Waals surface area contributed by atoms with Crippen LogP contribution in [0.15, 0.2) is 24.3 Å². The topological polar surface area (TPSA) is 44.4 Å². The molecule has 0 atom stereocenters. The molecule has 0 saturated carbocycles. The van der Waals surface area contributed by atoms with E-state index >= 15 is 0 Å². The number of nitrogens with one attached hydrogen (secondary N) is 2. The van der Waals surface area contributed by atoms with Crippen LogP contribution in [0.2, 0.25) is 0 Å². The molecule has 0 aliphatic carbocycles. The molecule has 0 aromatic heterocycles. The van der Waals surface area contributed by atoms with Crippen molar-refractivity contribution in [1.82, 2.24) is 10.2 Å². The van der Waals surface area contributed by atoms with E-state index < -0.39 is 0 Å². The number of carbonyl (C=O) groups is 1. The summed E-state index contributed by atoms with van der Waals surface area (Å²) in [6, 6.07) is 9.02. The fraction of sp³-hybridized carbons (Fsp3) is 0.650. The molecular formula is C20H31N3O. The summed E-state index contributed by atoms with van der Waals surface area (Å²) in [5.41, 5.74) is 2.48. The van der Waals surface area contributed by atoms with Gasteiger partial charge in [-0.1, -0.05) is 12.1 Å². The molecule has 2 aliphatic rings. The number of piperidine rings is 2. The highest BCUT2D eigenvalue weighted by atomic mass is 16.2. The van der Waals surface area contributed by atoms with E-state index in [9.17, 15) is 4.79 Å². The Bertz CT molecular complexity index is 531. The first-order chi connectivity index (χ1) is 11.7. The maximum Gasteiger partial charge on any atom is 0.222 e. The molecule has 2 heterocycles. The van der Waals surface area contributed by atoms with Crippen molar-refractivity contribution in [2.75, 3.05) is 31.5 Å². The van der Waals surface area contributed by atoms with Gasteiger partial charge in [0.2, 0.25) is 5.91 Å². The SMILES string of the molecule is Cc1cccc(NC2CCN(C(=O)CCC3CCNCC3)CC2)c1. The minimum Gasteiger partial charge on any atom is -0.382 e. The second-order valence-electron chi connectivity index (χ2n) is 7.40. The fourth-order valence-electron chi connectivity index (χ4n) is 3.90. The van der Waals surface area contributed by atoms with Crippen LogP contribution in [0.25, 0.3) is 0 Å². The second-order valence-corrected chi connectivity index (χ2v) is 7.40. The molecule has 132 valence electrons. The van der Waals surface area contributed by atoms with E-state index in [2.05, 4.69) is 46.7 Å². The molecule has 3 rings (SSSR count). The van der Waals surface area contributed by atoms with E-state index in [0.717, 1.165) is 57.8 Å². The molecule has 2 N–H and O–H groups in total. The van der Waals surface area contributed by atoms with Crippen molar-refractivity contribution in [3.63, 3.8) is 0 Å². The first kappa shape index (κ1) is 17.3. The highest BCUT2D eigenvalue weighted by Crippen LogP contribution is 2.21. The molecule has 0 radical (unpaired) electrons. The van der Waals surface area contributed by atoms with Crippen molar-refractivity contribution in [2.45, 2.75) is 51.5 Å². The van der Waals surface area contributed by atoms with Gasteiger partial charge in [0.1, 0.15) is 0 Å². The molecule has 0 spiro atoms. The highest BCUT2D eigenvalue weighted by molar-refractivity contribution is 5.76. The molecule has 1 aromatic carbocycles. The number of aryl methyl sites for hydroxylation is 1. The van der Waals surface area contributed by atoms with Gasteiger partial charge in [-0.05, 0) is 75.7 Å². The smallest absolute Gasteiger partial charge is 0.222 e. The van der Waals surface area contributed by atoms with Gasteiger partial charge in [-0.3, -0.25) is 4.79 Å². The summed E-state index contributed by atoms with van der Waals surface area (Å²) >= 11 is 0. The van der Waals surface area contributed by atoms with Crippen LogP contribution in [0.3, 0.4) is 0 Å². The maximum absolute atomic E-state index is 12.4. The normalized spacial score (nSPS) is 20.1. The molecule has 0 bridgehead atoms. The summed E-state index contributed by atoms with van der Waals surface area (Å²) < 4.78 is 0. The average Bonchev–Trinajstić information content (AvgIpc) is 2.61. The molecule has 0 unspecified atom stereocenters. The predicted molar refractivity (Wildman–Crippen MR) is 99.2 cm³/mol. The van der Waals surface area contributed by atoms with Crippen molar-refractivity contribution in [3.05, 3.63) is 29.8 Å². The first-order valence-corrected chi connectivity index (χ1v) is 9.52. The van der Waals surface area contributed by atoms with Gasteiger partial charge in [-0.25, -0.2) is 0 Å². The Morgan fingerprint density at radius 2 is 1.96 bits per heavy atom. The summed E-state index contributed by atoms with van der Waals surface area (Å²) in [4.78, 5) is 14.5. The average molecular weight is 329 g/mol. The number of benzene rings is 1. The molecule has 2 fully saturated rings. The zero-order valence-corrected chi connectivity index (χ0v) is 14.9. The molecule has 4 heteroatoms. The zero-order chi connectivity index (χ0) is 16.8. The fourth-order valence-corrected chi connectivity index (χ4v) is 3.90. The van der Waals surface area contributed by atoms with Crippen LogP contribution in [-0.4, -0.2) is 43.0 Å². The number of rotatable bonds is 5. The number of hydrogen-bond acceptors (Lipinski definition) is 3. The Hall–Kier alpha value is -1.55. The largest absolute Gasteiger partial charge is 0.382 e. The second kappa shape index (κ2) is 8.52. The van der Waals surface area contributed by atoms with Crippen LogP contribution in [0.5, 0.6) is 0 Å². The van der Waals surface area contributed by atoms with Crippen LogP contribution in [0, 0.1) is 12.8 Å². The van der Waals surface area contributed by atoms with Crippen LogP contribution in [-0.2, 0) is 4.79 Å². The van der Waals surface area contributed by atoms with Crippen molar-refractivity contribution in [3.8, 4) is 0 Å². The quantitative estimate of drug-likeness (QED) is 0.872. The molecule has 1 amide bonds. The first-order valence-electron chi connectivity index (χ1n) is 9.52. The van der Waals surface area contributed by atoms with Crippen molar-refractivity contribution in [1.29, 1.82) is 0 Å². The Morgan fingerprint density at radius 1 is 1.21 bits per heavy atom. The lowest BCUT2D eigenvalue weighted by Gasteiger charge is -2.33. The molecule has 2 saturated heterocycles. The lowest BCUT2D eigenvalue weighted by atomic mass is 9.93. The summed E-state index contributed by atoms with van der Waals surface area (Å²) in [7, 11) is 0. The van der Waals surface area contributed by atoms with E-state index in [1.54, 1.807) is 0 Å². The molecular weight excluding hydrogens is 298 g/mol. The van der Waals surface area contributed by atoms with E-state index in [4.69, 9.17) is 0 Å². The molecule has 4 nitrogen and oxygen atoms in total. The van der Waals surface area contributed by atoms with Gasteiger partial charge in [0.25, 0.3) is 0 Å². The van der Waals surface area contributed by atoms with Gasteiger partial charge in [-0.2, -0.15) is 0 Å². The minimum absolute atomic E-state index is 0.363. The molecule has 2 aliphatic heterocycles. The zero-order valence-electron chi connectivity index (χ0n) is 14.9. The van der Waals surface area contributed by atoms with E-state index in [1.165, 1.54) is 24.1 Å². The van der Waals surface area contributed by atoms with Crippen molar-refractivity contribution in [2.24, 2.45) is 5.92 Å². The van der Waals surface area contributed by atoms with Gasteiger partial charge in [0.15, 0.2) is 0 Å². The minimum atomic E-state index is 0.363. The van der Waals surface area contributed by atoms with Gasteiger partial charge < -0.3 is 15.5 Å². The van der Waals surface area contributed by atoms with Crippen molar-refractivity contribution < 1.29 is 4.79 Å². The summed E-state index contributed by atoms with van der Waals surface area (Å²) in [5.74, 6) is 1.11. The number of likely N-dealkylation sites (tertiary alicyclic amines) is 1. The number of hydrogen-bond donors (Lipinski definition) is 2. The van der Waals surface area contributed by atoms with Gasteiger partial charge in [-0.15, -0.1) is 0 Å². The highest BCUT2D eigenvalue weighted by Gasteiger charge is 2.23. The Morgan fingerprint density at radius 3 is 2.67 bits per heavy atom. The van der Waals surface area contributed by atoms with E-state index in [-0.39, 0.29) is 0 Å². The van der Waals surface area contributed by atoms with Crippen LogP contribution in [0.1, 0.15) is 44.1 Å². The van der Waals surface area contributed by atoms with Gasteiger partial charge in [0.05, 0.1) is 0 Å².